The molecule has 1 atom stereocenters. The van der Waals surface area contributed by atoms with Crippen LogP contribution in [0.5, 0.6) is 0 Å². The predicted octanol–water partition coefficient (Wildman–Crippen LogP) is 3.43. The van der Waals surface area contributed by atoms with Gasteiger partial charge in [0.1, 0.15) is 5.82 Å². The summed E-state index contributed by atoms with van der Waals surface area (Å²) < 4.78 is 0. The molecular formula is C16H21N3. The zero-order chi connectivity index (χ0) is 13.4. The van der Waals surface area contributed by atoms with E-state index in [1.165, 1.54) is 29.5 Å². The Labute approximate surface area is 114 Å². The average Bonchev–Trinajstić information content (AvgIpc) is 2.98. The molecule has 2 N–H and O–H groups in total. The zero-order valence-corrected chi connectivity index (χ0v) is 11.9. The number of aromatic amines is 1. The smallest absolute Gasteiger partial charge is 0.124 e. The van der Waals surface area contributed by atoms with E-state index >= 15 is 0 Å². The Morgan fingerprint density at radius 2 is 2.05 bits per heavy atom. The highest BCUT2D eigenvalue weighted by Gasteiger charge is 2.21. The molecular weight excluding hydrogens is 234 g/mol. The van der Waals surface area contributed by atoms with Crippen molar-refractivity contribution in [3.63, 3.8) is 0 Å². The molecule has 1 unspecified atom stereocenters. The van der Waals surface area contributed by atoms with Crippen molar-refractivity contribution < 1.29 is 0 Å². The molecule has 0 spiro atoms. The van der Waals surface area contributed by atoms with Crippen LogP contribution in [-0.4, -0.2) is 16.5 Å². The van der Waals surface area contributed by atoms with Gasteiger partial charge in [-0.05, 0) is 45.7 Å². The van der Waals surface area contributed by atoms with Crippen LogP contribution in [0.1, 0.15) is 41.5 Å². The number of aryl methyl sites for hydroxylation is 3. The van der Waals surface area contributed by atoms with Gasteiger partial charge >= 0.3 is 0 Å². The molecule has 3 heteroatoms. The van der Waals surface area contributed by atoms with E-state index in [4.69, 9.17) is 4.98 Å². The van der Waals surface area contributed by atoms with Gasteiger partial charge < -0.3 is 10.3 Å². The fraction of sp³-hybridized carbons (Fsp3) is 0.438. The molecule has 1 aromatic heterocycles. The lowest BCUT2D eigenvalue weighted by Gasteiger charge is -2.06. The number of hydrogen-bond donors (Lipinski definition) is 2. The standard InChI is InChI=1S/C16H21N3/c1-10-6-7-13(11(2)9-10)15-12(3)18-16(19-15)14-5-4-8-17-14/h6-7,9,14,17H,4-5,8H2,1-3H3,(H,18,19). The number of H-pyrrole nitrogens is 1. The quantitative estimate of drug-likeness (QED) is 0.863. The van der Waals surface area contributed by atoms with Gasteiger partial charge in [0.05, 0.1) is 11.7 Å². The maximum absolute atomic E-state index is 4.83. The largest absolute Gasteiger partial charge is 0.344 e. The molecule has 19 heavy (non-hydrogen) atoms. The first-order chi connectivity index (χ1) is 9.15. The number of benzene rings is 1. The Hall–Kier alpha value is -1.61. The molecule has 0 bridgehead atoms. The first kappa shape index (κ1) is 12.4. The normalized spacial score (nSPS) is 19.0. The minimum Gasteiger partial charge on any atom is -0.344 e. The molecule has 0 amide bonds. The maximum atomic E-state index is 4.83. The van der Waals surface area contributed by atoms with E-state index < -0.39 is 0 Å². The predicted molar refractivity (Wildman–Crippen MR) is 78.2 cm³/mol. The Balaban J connectivity index is 2.00. The summed E-state index contributed by atoms with van der Waals surface area (Å²) in [6.45, 7) is 7.50. The molecule has 2 heterocycles. The van der Waals surface area contributed by atoms with Crippen molar-refractivity contribution in [2.75, 3.05) is 6.54 Å². The van der Waals surface area contributed by atoms with E-state index in [1.54, 1.807) is 0 Å². The van der Waals surface area contributed by atoms with E-state index in [1.807, 2.05) is 0 Å². The summed E-state index contributed by atoms with van der Waals surface area (Å²) in [5, 5.41) is 3.49. The minimum atomic E-state index is 0.401. The first-order valence-corrected chi connectivity index (χ1v) is 7.02. The van der Waals surface area contributed by atoms with Crippen LogP contribution in [0.25, 0.3) is 11.3 Å². The lowest BCUT2D eigenvalue weighted by Crippen LogP contribution is -2.14. The summed E-state index contributed by atoms with van der Waals surface area (Å²) in [7, 11) is 0. The van der Waals surface area contributed by atoms with Gasteiger partial charge in [-0.3, -0.25) is 0 Å². The van der Waals surface area contributed by atoms with Gasteiger partial charge in [-0.2, -0.15) is 0 Å². The summed E-state index contributed by atoms with van der Waals surface area (Å²) in [5.41, 5.74) is 6.09. The molecule has 0 radical (unpaired) electrons. The fourth-order valence-electron chi connectivity index (χ4n) is 2.91. The fourth-order valence-corrected chi connectivity index (χ4v) is 2.91. The van der Waals surface area contributed by atoms with Gasteiger partial charge in [-0.15, -0.1) is 0 Å². The first-order valence-electron chi connectivity index (χ1n) is 7.02. The number of aromatic nitrogens is 2. The SMILES string of the molecule is Cc1ccc(-c2nc(C3CCCN3)[nH]c2C)c(C)c1. The van der Waals surface area contributed by atoms with Gasteiger partial charge in [0.15, 0.2) is 0 Å². The van der Waals surface area contributed by atoms with E-state index in [0.29, 0.717) is 6.04 Å². The van der Waals surface area contributed by atoms with Crippen LogP contribution in [0.4, 0.5) is 0 Å². The van der Waals surface area contributed by atoms with Crippen LogP contribution in [0.15, 0.2) is 18.2 Å². The van der Waals surface area contributed by atoms with E-state index in [9.17, 15) is 0 Å². The third-order valence-corrected chi connectivity index (χ3v) is 3.93. The van der Waals surface area contributed by atoms with Crippen molar-refractivity contribution in [3.05, 3.63) is 40.8 Å². The minimum absolute atomic E-state index is 0.401. The van der Waals surface area contributed by atoms with Gasteiger partial charge in [-0.25, -0.2) is 4.98 Å². The second-order valence-electron chi connectivity index (χ2n) is 5.56. The summed E-state index contributed by atoms with van der Waals surface area (Å²) in [6, 6.07) is 6.96. The molecule has 1 fully saturated rings. The molecule has 3 rings (SSSR count). The van der Waals surface area contributed by atoms with Gasteiger partial charge in [0, 0.05) is 11.3 Å². The Morgan fingerprint density at radius 1 is 1.21 bits per heavy atom. The maximum Gasteiger partial charge on any atom is 0.124 e. The molecule has 1 aromatic carbocycles. The molecule has 1 aliphatic rings. The molecule has 3 nitrogen and oxygen atoms in total. The topological polar surface area (TPSA) is 40.7 Å². The monoisotopic (exact) mass is 255 g/mol. The number of nitrogens with one attached hydrogen (secondary N) is 2. The van der Waals surface area contributed by atoms with Crippen molar-refractivity contribution in [1.82, 2.24) is 15.3 Å². The van der Waals surface area contributed by atoms with Gasteiger partial charge in [0.2, 0.25) is 0 Å². The van der Waals surface area contributed by atoms with Crippen molar-refractivity contribution in [2.45, 2.75) is 39.7 Å². The van der Waals surface area contributed by atoms with Gasteiger partial charge in [0.25, 0.3) is 0 Å². The second-order valence-corrected chi connectivity index (χ2v) is 5.56. The van der Waals surface area contributed by atoms with Crippen LogP contribution in [0.2, 0.25) is 0 Å². The molecule has 100 valence electrons. The Bertz CT molecular complexity index is 592. The van der Waals surface area contributed by atoms with Crippen LogP contribution < -0.4 is 5.32 Å². The van der Waals surface area contributed by atoms with Crippen molar-refractivity contribution in [1.29, 1.82) is 0 Å². The Kier molecular flexibility index (Phi) is 3.15. The summed E-state index contributed by atoms with van der Waals surface area (Å²) in [5.74, 6) is 1.09. The number of rotatable bonds is 2. The van der Waals surface area contributed by atoms with E-state index in [2.05, 4.69) is 49.3 Å². The number of nitrogens with zero attached hydrogens (tertiary/aromatic N) is 1. The van der Waals surface area contributed by atoms with E-state index in [0.717, 1.165) is 23.8 Å². The third-order valence-electron chi connectivity index (χ3n) is 3.93. The van der Waals surface area contributed by atoms with Crippen molar-refractivity contribution >= 4 is 0 Å². The highest BCUT2D eigenvalue weighted by Crippen LogP contribution is 2.29. The molecule has 1 saturated heterocycles. The zero-order valence-electron chi connectivity index (χ0n) is 11.9. The molecule has 0 saturated carbocycles. The third kappa shape index (κ3) is 2.30. The summed E-state index contributed by atoms with van der Waals surface area (Å²) in [4.78, 5) is 8.29. The number of imidazole rings is 1. The van der Waals surface area contributed by atoms with Crippen molar-refractivity contribution in [3.8, 4) is 11.3 Å². The van der Waals surface area contributed by atoms with Crippen LogP contribution in [0.3, 0.4) is 0 Å². The lowest BCUT2D eigenvalue weighted by molar-refractivity contribution is 0.612. The van der Waals surface area contributed by atoms with Crippen LogP contribution >= 0.6 is 0 Å². The molecule has 2 aromatic rings. The van der Waals surface area contributed by atoms with Gasteiger partial charge in [-0.1, -0.05) is 23.8 Å². The van der Waals surface area contributed by atoms with Crippen molar-refractivity contribution in [2.24, 2.45) is 0 Å². The second kappa shape index (κ2) is 4.82. The highest BCUT2D eigenvalue weighted by molar-refractivity contribution is 5.66. The number of hydrogen-bond acceptors (Lipinski definition) is 2. The van der Waals surface area contributed by atoms with E-state index in [-0.39, 0.29) is 0 Å². The Morgan fingerprint density at radius 3 is 2.74 bits per heavy atom. The average molecular weight is 255 g/mol. The summed E-state index contributed by atoms with van der Waals surface area (Å²) >= 11 is 0. The van der Waals surface area contributed by atoms with Crippen LogP contribution in [-0.2, 0) is 0 Å². The van der Waals surface area contributed by atoms with Crippen LogP contribution in [0, 0.1) is 20.8 Å². The summed E-state index contributed by atoms with van der Waals surface area (Å²) in [6.07, 6.45) is 2.42. The molecule has 0 aliphatic carbocycles. The molecule has 1 aliphatic heterocycles. The highest BCUT2D eigenvalue weighted by atomic mass is 15.0. The lowest BCUT2D eigenvalue weighted by atomic mass is 10.0.